The van der Waals surface area contributed by atoms with E-state index in [0.29, 0.717) is 18.1 Å². The first-order valence-corrected chi connectivity index (χ1v) is 11.0. The third kappa shape index (κ3) is 2.81. The van der Waals surface area contributed by atoms with Gasteiger partial charge < -0.3 is 9.88 Å². The Morgan fingerprint density at radius 1 is 0.903 bits per heavy atom. The summed E-state index contributed by atoms with van der Waals surface area (Å²) in [6.07, 6.45) is 0.660. The summed E-state index contributed by atoms with van der Waals surface area (Å²) in [4.78, 5) is 21.2. The number of para-hydroxylation sites is 1. The number of hydrogen-bond acceptors (Lipinski definition) is 2. The van der Waals surface area contributed by atoms with Crippen LogP contribution in [0.2, 0.25) is 0 Å². The quantitative estimate of drug-likeness (QED) is 0.481. The molecule has 3 heterocycles. The van der Waals surface area contributed by atoms with Gasteiger partial charge in [0.1, 0.15) is 6.04 Å². The van der Waals surface area contributed by atoms with Crippen molar-refractivity contribution in [1.29, 1.82) is 0 Å². The maximum Gasteiger partial charge on any atom is 0.252 e. The summed E-state index contributed by atoms with van der Waals surface area (Å²) in [5.74, 6) is 0.0886. The van der Waals surface area contributed by atoms with Crippen LogP contribution >= 0.6 is 12.2 Å². The molecule has 0 aliphatic carbocycles. The molecule has 152 valence electrons. The van der Waals surface area contributed by atoms with E-state index in [2.05, 4.69) is 40.2 Å². The van der Waals surface area contributed by atoms with Gasteiger partial charge in [-0.2, -0.15) is 0 Å². The molecule has 1 fully saturated rings. The van der Waals surface area contributed by atoms with Crippen LogP contribution in [0.15, 0.2) is 84.9 Å². The van der Waals surface area contributed by atoms with Gasteiger partial charge in [0.15, 0.2) is 5.11 Å². The van der Waals surface area contributed by atoms with Crippen LogP contribution in [0.5, 0.6) is 0 Å². The minimum Gasteiger partial charge on any atom is -0.356 e. The zero-order valence-electron chi connectivity index (χ0n) is 16.9. The topological polar surface area (TPSA) is 39.3 Å². The molecule has 3 aromatic carbocycles. The van der Waals surface area contributed by atoms with Gasteiger partial charge in [-0.1, -0.05) is 78.9 Å². The zero-order valence-corrected chi connectivity index (χ0v) is 17.7. The summed E-state index contributed by atoms with van der Waals surface area (Å²) in [6, 6.07) is 28.4. The molecule has 31 heavy (non-hydrogen) atoms. The molecular formula is C26H21N3OS. The molecule has 1 aromatic heterocycles. The number of rotatable bonds is 3. The van der Waals surface area contributed by atoms with Crippen molar-refractivity contribution in [3.8, 4) is 0 Å². The Hall–Kier alpha value is -3.44. The van der Waals surface area contributed by atoms with Gasteiger partial charge in [0.25, 0.3) is 5.91 Å². The number of hydrogen-bond donors (Lipinski definition) is 1. The van der Waals surface area contributed by atoms with Gasteiger partial charge in [-0.3, -0.25) is 9.69 Å². The lowest BCUT2D eigenvalue weighted by atomic mass is 9.89. The Labute approximate surface area is 186 Å². The van der Waals surface area contributed by atoms with Crippen molar-refractivity contribution < 1.29 is 4.79 Å². The molecule has 0 bridgehead atoms. The predicted molar refractivity (Wildman–Crippen MR) is 126 cm³/mol. The second-order valence-electron chi connectivity index (χ2n) is 8.20. The highest BCUT2D eigenvalue weighted by Gasteiger charge is 2.50. The summed E-state index contributed by atoms with van der Waals surface area (Å²) in [5, 5.41) is 1.80. The molecule has 1 saturated heterocycles. The monoisotopic (exact) mass is 423 g/mol. The van der Waals surface area contributed by atoms with Gasteiger partial charge in [0.05, 0.1) is 12.6 Å². The fourth-order valence-corrected chi connectivity index (χ4v) is 5.41. The highest BCUT2D eigenvalue weighted by molar-refractivity contribution is 7.80. The van der Waals surface area contributed by atoms with Gasteiger partial charge in [0, 0.05) is 23.0 Å². The number of carbonyl (C=O) groups excluding carboxylic acids is 1. The van der Waals surface area contributed by atoms with Crippen LogP contribution in [0.4, 0.5) is 0 Å². The standard InChI is InChI=1S/C26H21N3OS/c30-25-22-15-20-19-13-7-8-14-21(19)27-23(20)24(18-11-5-2-6-12-18)29(22)26(31)28(25)16-17-9-3-1-4-10-17/h1-14,22,24,27H,15-16H2/t22-,24+/m0/s1. The van der Waals surface area contributed by atoms with Crippen LogP contribution < -0.4 is 0 Å². The molecule has 1 N–H and O–H groups in total. The van der Waals surface area contributed by atoms with E-state index in [1.165, 1.54) is 10.9 Å². The van der Waals surface area contributed by atoms with E-state index in [1.807, 2.05) is 54.6 Å². The average Bonchev–Trinajstić information content (AvgIpc) is 3.30. The number of aromatic nitrogens is 1. The summed E-state index contributed by atoms with van der Waals surface area (Å²) >= 11 is 5.92. The number of aromatic amines is 1. The average molecular weight is 424 g/mol. The lowest BCUT2D eigenvalue weighted by Crippen LogP contribution is -2.44. The lowest BCUT2D eigenvalue weighted by molar-refractivity contribution is -0.128. The van der Waals surface area contributed by atoms with E-state index in [9.17, 15) is 4.79 Å². The Morgan fingerprint density at radius 2 is 1.58 bits per heavy atom. The first-order chi connectivity index (χ1) is 15.2. The SMILES string of the molecule is O=C1[C@@H]2Cc3c([nH]c4ccccc34)[C@@H](c3ccccc3)N2C(=S)N1Cc1ccccc1. The van der Waals surface area contributed by atoms with E-state index in [1.54, 1.807) is 4.90 Å². The fraction of sp³-hybridized carbons (Fsp3) is 0.154. The predicted octanol–water partition coefficient (Wildman–Crippen LogP) is 4.81. The van der Waals surface area contributed by atoms with Crippen LogP contribution in [0, 0.1) is 0 Å². The number of amides is 1. The van der Waals surface area contributed by atoms with Crippen molar-refractivity contribution in [2.75, 3.05) is 0 Å². The highest BCUT2D eigenvalue weighted by Crippen LogP contribution is 2.44. The van der Waals surface area contributed by atoms with Crippen LogP contribution in [0.25, 0.3) is 10.9 Å². The Morgan fingerprint density at radius 3 is 2.35 bits per heavy atom. The highest BCUT2D eigenvalue weighted by atomic mass is 32.1. The van der Waals surface area contributed by atoms with Gasteiger partial charge in [0.2, 0.25) is 0 Å². The van der Waals surface area contributed by atoms with Crippen LogP contribution in [-0.4, -0.2) is 31.8 Å². The normalized spacial score (nSPS) is 20.3. The number of nitrogens with one attached hydrogen (secondary N) is 1. The molecule has 2 aliphatic rings. The van der Waals surface area contributed by atoms with Crippen molar-refractivity contribution in [2.24, 2.45) is 0 Å². The minimum atomic E-state index is -0.284. The summed E-state index contributed by atoms with van der Waals surface area (Å²) in [6.45, 7) is 0.502. The fourth-order valence-electron chi connectivity index (χ4n) is 5.02. The van der Waals surface area contributed by atoms with Gasteiger partial charge in [-0.15, -0.1) is 0 Å². The van der Waals surface area contributed by atoms with Gasteiger partial charge in [-0.25, -0.2) is 0 Å². The van der Waals surface area contributed by atoms with E-state index in [-0.39, 0.29) is 18.0 Å². The molecule has 5 heteroatoms. The van der Waals surface area contributed by atoms with Crippen LogP contribution in [0.3, 0.4) is 0 Å². The molecule has 0 saturated carbocycles. The van der Waals surface area contributed by atoms with E-state index >= 15 is 0 Å². The third-order valence-corrected chi connectivity index (χ3v) is 6.86. The Balaban J connectivity index is 1.49. The second-order valence-corrected chi connectivity index (χ2v) is 8.56. The van der Waals surface area contributed by atoms with Crippen molar-refractivity contribution in [3.63, 3.8) is 0 Å². The summed E-state index contributed by atoms with van der Waals surface area (Å²) < 4.78 is 0. The maximum absolute atomic E-state index is 13.6. The molecule has 0 spiro atoms. The molecule has 1 amide bonds. The molecule has 0 unspecified atom stereocenters. The third-order valence-electron chi connectivity index (χ3n) is 6.43. The van der Waals surface area contributed by atoms with E-state index < -0.39 is 0 Å². The molecule has 4 aromatic rings. The van der Waals surface area contributed by atoms with Gasteiger partial charge in [-0.05, 0) is 35.0 Å². The number of carbonyl (C=O) groups is 1. The molecule has 0 radical (unpaired) electrons. The first kappa shape index (κ1) is 18.3. The largest absolute Gasteiger partial charge is 0.356 e. The number of H-pyrrole nitrogens is 1. The van der Waals surface area contributed by atoms with Crippen molar-refractivity contribution in [3.05, 3.63) is 107 Å². The Bertz CT molecular complexity index is 1300. The number of fused-ring (bicyclic) bond motifs is 4. The molecule has 6 rings (SSSR count). The van der Waals surface area contributed by atoms with Gasteiger partial charge >= 0.3 is 0 Å². The van der Waals surface area contributed by atoms with Crippen molar-refractivity contribution in [2.45, 2.75) is 25.0 Å². The molecule has 2 atom stereocenters. The maximum atomic E-state index is 13.6. The van der Waals surface area contributed by atoms with Crippen molar-refractivity contribution >= 4 is 34.1 Å². The molecule has 2 aliphatic heterocycles. The van der Waals surface area contributed by atoms with Crippen molar-refractivity contribution in [1.82, 2.24) is 14.8 Å². The second kappa shape index (κ2) is 7.06. The van der Waals surface area contributed by atoms with E-state index in [0.717, 1.165) is 22.3 Å². The molecule has 4 nitrogen and oxygen atoms in total. The first-order valence-electron chi connectivity index (χ1n) is 10.5. The number of nitrogens with zero attached hydrogens (tertiary/aromatic N) is 2. The summed E-state index contributed by atoms with van der Waals surface area (Å²) in [7, 11) is 0. The smallest absolute Gasteiger partial charge is 0.252 e. The van der Waals surface area contributed by atoms with Crippen LogP contribution in [-0.2, 0) is 17.8 Å². The lowest BCUT2D eigenvalue weighted by Gasteiger charge is -2.37. The zero-order chi connectivity index (χ0) is 20.9. The van der Waals surface area contributed by atoms with E-state index in [4.69, 9.17) is 12.2 Å². The Kier molecular flexibility index (Phi) is 4.18. The molecular weight excluding hydrogens is 402 g/mol. The summed E-state index contributed by atoms with van der Waals surface area (Å²) in [5.41, 5.74) is 5.69. The number of benzene rings is 3. The number of thiocarbonyl (C=S) groups is 1. The minimum absolute atomic E-state index is 0.0886. The van der Waals surface area contributed by atoms with Crippen LogP contribution in [0.1, 0.15) is 28.4 Å².